The first-order valence-electron chi connectivity index (χ1n) is 8.78. The zero-order chi connectivity index (χ0) is 15.4. The summed E-state index contributed by atoms with van der Waals surface area (Å²) in [6.07, 6.45) is 7.66. The van der Waals surface area contributed by atoms with E-state index >= 15 is 0 Å². The summed E-state index contributed by atoms with van der Waals surface area (Å²) in [5.74, 6) is 2.86. The van der Waals surface area contributed by atoms with E-state index in [2.05, 4.69) is 36.0 Å². The highest BCUT2D eigenvalue weighted by Crippen LogP contribution is 2.60. The fourth-order valence-corrected chi connectivity index (χ4v) is 6.48. The number of hydrogen-bond donors (Lipinski definition) is 1. The van der Waals surface area contributed by atoms with Gasteiger partial charge in [0.05, 0.1) is 0 Å². The number of nitrogens with one attached hydrogen (secondary N) is 1. The third kappa shape index (κ3) is 2.42. The minimum atomic E-state index is -0.0144. The lowest BCUT2D eigenvalue weighted by molar-refractivity contribution is -0.146. The van der Waals surface area contributed by atoms with Gasteiger partial charge < -0.3 is 5.32 Å². The Bertz CT molecular complexity index is 525. The van der Waals surface area contributed by atoms with Gasteiger partial charge in [-0.2, -0.15) is 11.3 Å². The Balaban J connectivity index is 1.44. The zero-order valence-corrected chi connectivity index (χ0v) is 14.5. The van der Waals surface area contributed by atoms with Crippen LogP contribution in [-0.2, 0) is 10.2 Å². The van der Waals surface area contributed by atoms with E-state index in [-0.39, 0.29) is 10.8 Å². The molecule has 0 aromatic carbocycles. The molecule has 4 bridgehead atoms. The summed E-state index contributed by atoms with van der Waals surface area (Å²) in [6, 6.07) is 2.18. The van der Waals surface area contributed by atoms with Crippen molar-refractivity contribution in [3.63, 3.8) is 0 Å². The van der Waals surface area contributed by atoms with E-state index in [0.717, 1.165) is 43.6 Å². The van der Waals surface area contributed by atoms with Gasteiger partial charge in [-0.3, -0.25) is 4.79 Å². The molecule has 0 unspecified atom stereocenters. The Morgan fingerprint density at radius 2 is 1.82 bits per heavy atom. The molecule has 4 aliphatic rings. The molecule has 0 radical (unpaired) electrons. The summed E-state index contributed by atoms with van der Waals surface area (Å²) in [5.41, 5.74) is 1.35. The number of hydrogen-bond acceptors (Lipinski definition) is 2. The lowest BCUT2D eigenvalue weighted by Crippen LogP contribution is -2.54. The predicted molar refractivity (Wildman–Crippen MR) is 91.0 cm³/mol. The normalized spacial score (nSPS) is 36.5. The van der Waals surface area contributed by atoms with Gasteiger partial charge in [-0.1, -0.05) is 13.8 Å². The first kappa shape index (κ1) is 14.7. The molecule has 0 atom stereocenters. The van der Waals surface area contributed by atoms with Gasteiger partial charge in [-0.25, -0.2) is 0 Å². The Morgan fingerprint density at radius 3 is 2.32 bits per heavy atom. The second kappa shape index (κ2) is 5.09. The molecule has 2 nitrogen and oxygen atoms in total. The van der Waals surface area contributed by atoms with Crippen molar-refractivity contribution < 1.29 is 4.79 Å². The van der Waals surface area contributed by atoms with Crippen LogP contribution in [0, 0.1) is 23.2 Å². The number of carbonyl (C=O) groups excluding carboxylic acids is 1. The second-order valence-corrected chi connectivity index (χ2v) is 9.56. The van der Waals surface area contributed by atoms with Crippen molar-refractivity contribution in [3.05, 3.63) is 22.4 Å². The third-order valence-corrected chi connectivity index (χ3v) is 7.20. The lowest BCUT2D eigenvalue weighted by atomic mass is 9.49. The third-order valence-electron chi connectivity index (χ3n) is 6.51. The molecule has 4 aliphatic carbocycles. The van der Waals surface area contributed by atoms with Crippen molar-refractivity contribution in [1.29, 1.82) is 0 Å². The van der Waals surface area contributed by atoms with E-state index in [9.17, 15) is 4.79 Å². The number of thiophene rings is 1. The smallest absolute Gasteiger partial charge is 0.226 e. The highest BCUT2D eigenvalue weighted by atomic mass is 32.1. The predicted octanol–water partition coefficient (Wildman–Crippen LogP) is 4.36. The Hall–Kier alpha value is -0.830. The Morgan fingerprint density at radius 1 is 1.23 bits per heavy atom. The van der Waals surface area contributed by atoms with Crippen molar-refractivity contribution in [2.75, 3.05) is 6.54 Å². The number of carbonyl (C=O) groups is 1. The average Bonchev–Trinajstić information content (AvgIpc) is 2.98. The van der Waals surface area contributed by atoms with E-state index in [1.807, 2.05) is 0 Å². The number of amides is 1. The van der Waals surface area contributed by atoms with Crippen LogP contribution >= 0.6 is 11.3 Å². The van der Waals surface area contributed by atoms with Crippen LogP contribution in [0.25, 0.3) is 0 Å². The summed E-state index contributed by atoms with van der Waals surface area (Å²) in [4.78, 5) is 13.0. The van der Waals surface area contributed by atoms with Crippen molar-refractivity contribution in [2.24, 2.45) is 23.2 Å². The standard InChI is InChI=1S/C19H27NOS/c1-18(2,16-3-4-22-11-16)12-20-17(21)19-8-13-5-14(9-19)7-15(6-13)10-19/h3-4,11,13-15H,5-10,12H2,1-2H3,(H,20,21). The molecule has 22 heavy (non-hydrogen) atoms. The molecule has 1 amide bonds. The lowest BCUT2D eigenvalue weighted by Gasteiger charge is -2.55. The minimum Gasteiger partial charge on any atom is -0.355 e. The van der Waals surface area contributed by atoms with Gasteiger partial charge in [0.15, 0.2) is 0 Å². The zero-order valence-electron chi connectivity index (χ0n) is 13.7. The minimum absolute atomic E-state index is 0.0144. The van der Waals surface area contributed by atoms with E-state index in [1.54, 1.807) is 11.3 Å². The molecule has 120 valence electrons. The van der Waals surface area contributed by atoms with Crippen LogP contribution in [0.3, 0.4) is 0 Å². The molecule has 3 heteroatoms. The van der Waals surface area contributed by atoms with Gasteiger partial charge in [-0.15, -0.1) is 0 Å². The fraction of sp³-hybridized carbons (Fsp3) is 0.737. The van der Waals surface area contributed by atoms with Crippen LogP contribution in [0.1, 0.15) is 57.9 Å². The highest BCUT2D eigenvalue weighted by molar-refractivity contribution is 7.08. The monoisotopic (exact) mass is 317 g/mol. The van der Waals surface area contributed by atoms with Gasteiger partial charge in [0.1, 0.15) is 0 Å². The van der Waals surface area contributed by atoms with Gasteiger partial charge >= 0.3 is 0 Å². The molecular weight excluding hydrogens is 290 g/mol. The molecule has 0 spiro atoms. The molecule has 1 heterocycles. The van der Waals surface area contributed by atoms with Crippen molar-refractivity contribution in [3.8, 4) is 0 Å². The Kier molecular flexibility index (Phi) is 3.41. The first-order valence-corrected chi connectivity index (χ1v) is 9.72. The molecule has 1 N–H and O–H groups in total. The summed E-state index contributed by atoms with van der Waals surface area (Å²) >= 11 is 1.74. The number of rotatable bonds is 4. The largest absolute Gasteiger partial charge is 0.355 e. The average molecular weight is 317 g/mol. The molecule has 4 saturated carbocycles. The van der Waals surface area contributed by atoms with E-state index < -0.39 is 0 Å². The van der Waals surface area contributed by atoms with Crippen LogP contribution in [0.2, 0.25) is 0 Å². The highest BCUT2D eigenvalue weighted by Gasteiger charge is 2.54. The summed E-state index contributed by atoms with van der Waals surface area (Å²) in [7, 11) is 0. The first-order chi connectivity index (χ1) is 10.5. The molecule has 0 aliphatic heterocycles. The Labute approximate surface area is 137 Å². The molecule has 0 saturated heterocycles. The molecular formula is C19H27NOS. The van der Waals surface area contributed by atoms with E-state index in [4.69, 9.17) is 0 Å². The van der Waals surface area contributed by atoms with Crippen molar-refractivity contribution in [1.82, 2.24) is 5.32 Å². The second-order valence-electron chi connectivity index (χ2n) is 8.78. The molecule has 5 rings (SSSR count). The van der Waals surface area contributed by atoms with Crippen LogP contribution in [0.5, 0.6) is 0 Å². The maximum atomic E-state index is 13.0. The van der Waals surface area contributed by atoms with E-state index in [1.165, 1.54) is 24.8 Å². The van der Waals surface area contributed by atoms with Crippen LogP contribution < -0.4 is 5.32 Å². The van der Waals surface area contributed by atoms with Crippen molar-refractivity contribution >= 4 is 17.2 Å². The topological polar surface area (TPSA) is 29.1 Å². The van der Waals surface area contributed by atoms with Gasteiger partial charge in [0.2, 0.25) is 5.91 Å². The van der Waals surface area contributed by atoms with Gasteiger partial charge in [0, 0.05) is 17.4 Å². The summed E-state index contributed by atoms with van der Waals surface area (Å²) in [6.45, 7) is 5.22. The van der Waals surface area contributed by atoms with Crippen LogP contribution in [0.15, 0.2) is 16.8 Å². The maximum absolute atomic E-state index is 13.0. The summed E-state index contributed by atoms with van der Waals surface area (Å²) < 4.78 is 0. The quantitative estimate of drug-likeness (QED) is 0.878. The van der Waals surface area contributed by atoms with Crippen LogP contribution in [0.4, 0.5) is 0 Å². The van der Waals surface area contributed by atoms with Crippen molar-refractivity contribution in [2.45, 2.75) is 57.8 Å². The van der Waals surface area contributed by atoms with Crippen LogP contribution in [-0.4, -0.2) is 12.5 Å². The maximum Gasteiger partial charge on any atom is 0.226 e. The fourth-order valence-electron chi connectivity index (χ4n) is 5.63. The summed E-state index contributed by atoms with van der Waals surface area (Å²) in [5, 5.41) is 7.66. The van der Waals surface area contributed by atoms with Gasteiger partial charge in [0.25, 0.3) is 0 Å². The molecule has 4 fully saturated rings. The van der Waals surface area contributed by atoms with Gasteiger partial charge in [-0.05, 0) is 78.7 Å². The molecule has 1 aromatic heterocycles. The SMILES string of the molecule is CC(C)(CNC(=O)C12CC3CC(CC(C3)C1)C2)c1ccsc1. The van der Waals surface area contributed by atoms with E-state index in [0.29, 0.717) is 5.91 Å². The molecule has 1 aromatic rings.